The van der Waals surface area contributed by atoms with Crippen LogP contribution in [0.2, 0.25) is 0 Å². The first-order valence-electron chi connectivity index (χ1n) is 5.50. The van der Waals surface area contributed by atoms with Gasteiger partial charge in [0.05, 0.1) is 13.2 Å². The molecule has 3 nitrogen and oxygen atoms in total. The van der Waals surface area contributed by atoms with Gasteiger partial charge in [0, 0.05) is 6.04 Å². The molecule has 0 heterocycles. The Kier molecular flexibility index (Phi) is 8.91. The largest absolute Gasteiger partial charge is 0.465 e. The maximum atomic E-state index is 11.3. The number of thioether (sulfide) groups is 1. The van der Waals surface area contributed by atoms with Gasteiger partial charge in [0.15, 0.2) is 0 Å². The molecule has 0 aliphatic rings. The summed E-state index contributed by atoms with van der Waals surface area (Å²) >= 11 is 1.84. The zero-order valence-corrected chi connectivity index (χ0v) is 11.1. The van der Waals surface area contributed by atoms with Crippen LogP contribution in [0, 0.1) is 0 Å². The highest BCUT2D eigenvalue weighted by Crippen LogP contribution is 2.03. The number of carbonyl (C=O) groups is 1. The lowest BCUT2D eigenvalue weighted by atomic mass is 10.3. The molecule has 0 aromatic carbocycles. The fraction of sp³-hybridized carbons (Fsp3) is 0.909. The molecule has 0 aliphatic heterocycles. The zero-order chi connectivity index (χ0) is 11.7. The molecule has 0 fully saturated rings. The maximum Gasteiger partial charge on any atom is 0.320 e. The molecule has 0 aromatic heterocycles. The molecule has 0 radical (unpaired) electrons. The number of esters is 1. The third-order valence-electron chi connectivity index (χ3n) is 2.16. The predicted molar refractivity (Wildman–Crippen MR) is 66.3 cm³/mol. The van der Waals surface area contributed by atoms with Gasteiger partial charge in [-0.05, 0) is 45.7 Å². The molecule has 0 saturated heterocycles. The summed E-state index contributed by atoms with van der Waals surface area (Å²) in [4.78, 5) is 13.5. The molecule has 90 valence electrons. The van der Waals surface area contributed by atoms with E-state index in [1.807, 2.05) is 18.7 Å². The SMILES string of the molecule is CCOC(=O)CN(CCCSC)C(C)C. The topological polar surface area (TPSA) is 29.5 Å². The molecule has 0 saturated carbocycles. The highest BCUT2D eigenvalue weighted by molar-refractivity contribution is 7.98. The van der Waals surface area contributed by atoms with Crippen LogP contribution < -0.4 is 0 Å². The second-order valence-electron chi connectivity index (χ2n) is 3.72. The van der Waals surface area contributed by atoms with Crippen LogP contribution in [-0.2, 0) is 9.53 Å². The highest BCUT2D eigenvalue weighted by atomic mass is 32.2. The smallest absolute Gasteiger partial charge is 0.320 e. The molecular weight excluding hydrogens is 210 g/mol. The van der Waals surface area contributed by atoms with Crippen molar-refractivity contribution in [2.75, 3.05) is 31.7 Å². The van der Waals surface area contributed by atoms with E-state index in [9.17, 15) is 4.79 Å². The molecular formula is C11H23NO2S. The minimum atomic E-state index is -0.115. The first-order chi connectivity index (χ1) is 7.11. The molecule has 0 spiro atoms. The van der Waals surface area contributed by atoms with Crippen molar-refractivity contribution >= 4 is 17.7 Å². The van der Waals surface area contributed by atoms with E-state index in [2.05, 4.69) is 25.0 Å². The second-order valence-corrected chi connectivity index (χ2v) is 4.70. The van der Waals surface area contributed by atoms with Gasteiger partial charge in [0.2, 0.25) is 0 Å². The van der Waals surface area contributed by atoms with E-state index < -0.39 is 0 Å². The van der Waals surface area contributed by atoms with Gasteiger partial charge < -0.3 is 4.74 Å². The van der Waals surface area contributed by atoms with Crippen molar-refractivity contribution in [3.8, 4) is 0 Å². The first-order valence-corrected chi connectivity index (χ1v) is 6.89. The third-order valence-corrected chi connectivity index (χ3v) is 2.86. The van der Waals surface area contributed by atoms with Gasteiger partial charge in [-0.15, -0.1) is 0 Å². The Bertz CT molecular complexity index is 174. The van der Waals surface area contributed by atoms with Gasteiger partial charge in [0.1, 0.15) is 0 Å². The summed E-state index contributed by atoms with van der Waals surface area (Å²) in [5.41, 5.74) is 0. The maximum absolute atomic E-state index is 11.3. The molecule has 0 unspecified atom stereocenters. The minimum absolute atomic E-state index is 0.115. The van der Waals surface area contributed by atoms with Crippen molar-refractivity contribution in [1.29, 1.82) is 0 Å². The second kappa shape index (κ2) is 9.04. The van der Waals surface area contributed by atoms with Gasteiger partial charge in [-0.2, -0.15) is 11.8 Å². The van der Waals surface area contributed by atoms with Crippen LogP contribution in [0.3, 0.4) is 0 Å². The highest BCUT2D eigenvalue weighted by Gasteiger charge is 2.13. The van der Waals surface area contributed by atoms with Crippen molar-refractivity contribution in [2.45, 2.75) is 33.2 Å². The summed E-state index contributed by atoms with van der Waals surface area (Å²) in [5, 5.41) is 0. The Balaban J connectivity index is 3.87. The average Bonchev–Trinajstić information content (AvgIpc) is 2.16. The number of ether oxygens (including phenoxy) is 1. The number of hydrogen-bond acceptors (Lipinski definition) is 4. The molecule has 0 aliphatic carbocycles. The molecule has 0 bridgehead atoms. The van der Waals surface area contributed by atoms with E-state index in [-0.39, 0.29) is 5.97 Å². The van der Waals surface area contributed by atoms with Crippen LogP contribution >= 0.6 is 11.8 Å². The summed E-state index contributed by atoms with van der Waals surface area (Å²) in [6, 6.07) is 0.399. The van der Waals surface area contributed by atoms with E-state index in [1.165, 1.54) is 0 Å². The lowest BCUT2D eigenvalue weighted by Gasteiger charge is -2.25. The fourth-order valence-electron chi connectivity index (χ4n) is 1.30. The van der Waals surface area contributed by atoms with Crippen molar-refractivity contribution in [1.82, 2.24) is 4.90 Å². The van der Waals surface area contributed by atoms with E-state index in [0.29, 0.717) is 19.2 Å². The van der Waals surface area contributed by atoms with E-state index >= 15 is 0 Å². The zero-order valence-electron chi connectivity index (χ0n) is 10.3. The Hall–Kier alpha value is -0.220. The van der Waals surface area contributed by atoms with Crippen molar-refractivity contribution in [3.63, 3.8) is 0 Å². The van der Waals surface area contributed by atoms with Crippen LogP contribution in [0.4, 0.5) is 0 Å². The quantitative estimate of drug-likeness (QED) is 0.474. The average molecular weight is 233 g/mol. The summed E-state index contributed by atoms with van der Waals surface area (Å²) in [5.74, 6) is 1.03. The number of rotatable bonds is 8. The lowest BCUT2D eigenvalue weighted by Crippen LogP contribution is -2.37. The first kappa shape index (κ1) is 14.8. The Morgan fingerprint density at radius 1 is 1.47 bits per heavy atom. The van der Waals surface area contributed by atoms with E-state index in [4.69, 9.17) is 4.74 Å². The molecule has 0 atom stereocenters. The summed E-state index contributed by atoms with van der Waals surface area (Å²) in [6.07, 6.45) is 3.23. The Morgan fingerprint density at radius 3 is 2.60 bits per heavy atom. The van der Waals surface area contributed by atoms with Crippen LogP contribution in [-0.4, -0.2) is 48.6 Å². The molecule has 0 amide bonds. The van der Waals surface area contributed by atoms with Gasteiger partial charge in [-0.3, -0.25) is 9.69 Å². The molecule has 0 aromatic rings. The van der Waals surface area contributed by atoms with Crippen LogP contribution in [0.25, 0.3) is 0 Å². The van der Waals surface area contributed by atoms with Crippen molar-refractivity contribution in [2.24, 2.45) is 0 Å². The minimum Gasteiger partial charge on any atom is -0.465 e. The number of nitrogens with zero attached hydrogens (tertiary/aromatic N) is 1. The monoisotopic (exact) mass is 233 g/mol. The Morgan fingerprint density at radius 2 is 2.13 bits per heavy atom. The fourth-order valence-corrected chi connectivity index (χ4v) is 1.72. The summed E-state index contributed by atoms with van der Waals surface area (Å²) < 4.78 is 4.94. The lowest BCUT2D eigenvalue weighted by molar-refractivity contribution is -0.144. The van der Waals surface area contributed by atoms with Gasteiger partial charge in [0.25, 0.3) is 0 Å². The standard InChI is InChI=1S/C11H23NO2S/c1-5-14-11(13)9-12(10(2)3)7-6-8-15-4/h10H,5-9H2,1-4H3. The van der Waals surface area contributed by atoms with Crippen LogP contribution in [0.15, 0.2) is 0 Å². The van der Waals surface area contributed by atoms with Crippen molar-refractivity contribution < 1.29 is 9.53 Å². The normalized spacial score (nSPS) is 11.1. The number of hydrogen-bond donors (Lipinski definition) is 0. The van der Waals surface area contributed by atoms with Gasteiger partial charge in [-0.1, -0.05) is 0 Å². The van der Waals surface area contributed by atoms with Crippen LogP contribution in [0.1, 0.15) is 27.2 Å². The van der Waals surface area contributed by atoms with Crippen molar-refractivity contribution in [3.05, 3.63) is 0 Å². The predicted octanol–water partition coefficient (Wildman–Crippen LogP) is 2.01. The third kappa shape index (κ3) is 7.68. The summed E-state index contributed by atoms with van der Waals surface area (Å²) in [7, 11) is 0. The molecule has 0 N–H and O–H groups in total. The van der Waals surface area contributed by atoms with Gasteiger partial charge >= 0.3 is 5.97 Å². The van der Waals surface area contributed by atoms with E-state index in [0.717, 1.165) is 18.7 Å². The molecule has 4 heteroatoms. The van der Waals surface area contributed by atoms with Gasteiger partial charge in [-0.25, -0.2) is 0 Å². The Labute approximate surface area is 97.5 Å². The summed E-state index contributed by atoms with van der Waals surface area (Å²) in [6.45, 7) is 7.91. The number of carbonyl (C=O) groups excluding carboxylic acids is 1. The van der Waals surface area contributed by atoms with Crippen LogP contribution in [0.5, 0.6) is 0 Å². The molecule has 15 heavy (non-hydrogen) atoms. The van der Waals surface area contributed by atoms with E-state index in [1.54, 1.807) is 0 Å². The molecule has 0 rings (SSSR count).